The highest BCUT2D eigenvalue weighted by atomic mass is 28.2. The van der Waals surface area contributed by atoms with Gasteiger partial charge in [0.05, 0.1) is 11.4 Å². The first-order chi connectivity index (χ1) is 10.6. The molecule has 2 aromatic carbocycles. The molecule has 0 saturated heterocycles. The van der Waals surface area contributed by atoms with Crippen LogP contribution in [-0.2, 0) is 0 Å². The van der Waals surface area contributed by atoms with Crippen molar-refractivity contribution in [3.63, 3.8) is 0 Å². The molecule has 3 heteroatoms. The number of hydrogen-bond donors (Lipinski definition) is 0. The Morgan fingerprint density at radius 1 is 0.739 bits per heavy atom. The van der Waals surface area contributed by atoms with Crippen LogP contribution in [0.25, 0.3) is 10.8 Å². The molecule has 2 aromatic rings. The van der Waals surface area contributed by atoms with E-state index in [4.69, 9.17) is 0 Å². The van der Waals surface area contributed by atoms with Crippen LogP contribution in [0.15, 0.2) is 36.4 Å². The normalized spacial score (nSPS) is 15.4. The zero-order valence-electron chi connectivity index (χ0n) is 15.3. The van der Waals surface area contributed by atoms with Gasteiger partial charge in [-0.25, -0.2) is 0 Å². The van der Waals surface area contributed by atoms with Gasteiger partial charge in [0.25, 0.3) is 0 Å². The Balaban J connectivity index is 2.05. The monoisotopic (exact) mass is 324 g/mol. The molecule has 0 spiro atoms. The van der Waals surface area contributed by atoms with Crippen molar-refractivity contribution in [1.29, 1.82) is 0 Å². The molecule has 0 saturated carbocycles. The molecule has 0 amide bonds. The van der Waals surface area contributed by atoms with E-state index in [0.717, 1.165) is 13.1 Å². The van der Waals surface area contributed by atoms with Crippen molar-refractivity contribution in [3.05, 3.63) is 36.4 Å². The third-order valence-corrected chi connectivity index (χ3v) is 5.21. The Morgan fingerprint density at radius 3 is 1.48 bits per heavy atom. The summed E-state index contributed by atoms with van der Waals surface area (Å²) in [5, 5.41) is 2.68. The molecule has 0 aromatic heterocycles. The maximum atomic E-state index is 2.58. The van der Waals surface area contributed by atoms with Crippen molar-refractivity contribution in [2.24, 2.45) is 10.8 Å². The number of hydrogen-bond acceptors (Lipinski definition) is 2. The van der Waals surface area contributed by atoms with Crippen LogP contribution in [0.4, 0.5) is 11.4 Å². The van der Waals surface area contributed by atoms with E-state index in [9.17, 15) is 0 Å². The smallest absolute Gasteiger partial charge is 0.332 e. The van der Waals surface area contributed by atoms with E-state index in [1.54, 1.807) is 0 Å². The van der Waals surface area contributed by atoms with Gasteiger partial charge in [0.15, 0.2) is 0 Å². The minimum absolute atomic E-state index is 0.299. The highest BCUT2D eigenvalue weighted by Crippen LogP contribution is 2.40. The fraction of sp³-hybridized carbons (Fsp3) is 0.500. The quantitative estimate of drug-likeness (QED) is 0.710. The van der Waals surface area contributed by atoms with Gasteiger partial charge in [-0.15, -0.1) is 0 Å². The topological polar surface area (TPSA) is 6.48 Å². The number of rotatable bonds is 2. The molecule has 3 rings (SSSR count). The van der Waals surface area contributed by atoms with Gasteiger partial charge in [0.1, 0.15) is 0 Å². The Morgan fingerprint density at radius 2 is 1.13 bits per heavy atom. The number of nitrogens with zero attached hydrogens (tertiary/aromatic N) is 2. The molecule has 122 valence electrons. The summed E-state index contributed by atoms with van der Waals surface area (Å²) in [5.41, 5.74) is 3.41. The third kappa shape index (κ3) is 3.71. The van der Waals surface area contributed by atoms with Crippen molar-refractivity contribution in [2.45, 2.75) is 41.5 Å². The van der Waals surface area contributed by atoms with Crippen LogP contribution in [0.1, 0.15) is 41.5 Å². The fourth-order valence-corrected chi connectivity index (χ4v) is 5.05. The van der Waals surface area contributed by atoms with Crippen LogP contribution in [0.5, 0.6) is 0 Å². The SMILES string of the molecule is CC(C)(C)CN1[Si]N(CC(C)(C)C)c2cc3ccccc3cc21. The second-order valence-corrected chi connectivity index (χ2v) is 10.4. The number of anilines is 2. The minimum Gasteiger partial charge on any atom is -0.378 e. The molecule has 1 aliphatic heterocycles. The first kappa shape index (κ1) is 16.4. The molecule has 2 nitrogen and oxygen atoms in total. The first-order valence-corrected chi connectivity index (χ1v) is 9.36. The maximum absolute atomic E-state index is 2.58. The van der Waals surface area contributed by atoms with Gasteiger partial charge in [-0.2, -0.15) is 0 Å². The van der Waals surface area contributed by atoms with Crippen LogP contribution >= 0.6 is 0 Å². The predicted molar refractivity (Wildman–Crippen MR) is 103 cm³/mol. The van der Waals surface area contributed by atoms with Crippen LogP contribution < -0.4 is 9.13 Å². The Kier molecular flexibility index (Phi) is 3.95. The standard InChI is InChI=1S/C20H28N2Si/c1-19(2,3)13-21-17-11-15-9-7-8-10-16(15)12-18(17)22(23-21)14-20(4,5)6/h7-12H,13-14H2,1-6H3. The van der Waals surface area contributed by atoms with E-state index in [-0.39, 0.29) is 0 Å². The van der Waals surface area contributed by atoms with Crippen LogP contribution in [0, 0.1) is 10.8 Å². The van der Waals surface area contributed by atoms with Gasteiger partial charge < -0.3 is 9.13 Å². The molecule has 1 aliphatic rings. The van der Waals surface area contributed by atoms with E-state index in [1.807, 2.05) is 0 Å². The third-order valence-electron chi connectivity index (χ3n) is 3.93. The van der Waals surface area contributed by atoms with E-state index in [0.29, 0.717) is 20.7 Å². The van der Waals surface area contributed by atoms with E-state index in [1.165, 1.54) is 22.1 Å². The summed E-state index contributed by atoms with van der Waals surface area (Å²) < 4.78 is 5.15. The zero-order valence-corrected chi connectivity index (χ0v) is 16.3. The summed E-state index contributed by atoms with van der Waals surface area (Å²) in [7, 11) is 0.710. The Labute approximate surface area is 143 Å². The predicted octanol–water partition coefficient (Wildman–Crippen LogP) is 5.09. The van der Waals surface area contributed by atoms with Gasteiger partial charge in [-0.1, -0.05) is 65.8 Å². The van der Waals surface area contributed by atoms with Crippen molar-refractivity contribution in [3.8, 4) is 0 Å². The van der Waals surface area contributed by atoms with Crippen molar-refractivity contribution < 1.29 is 0 Å². The van der Waals surface area contributed by atoms with Gasteiger partial charge >= 0.3 is 9.84 Å². The van der Waals surface area contributed by atoms with Gasteiger partial charge in [0, 0.05) is 13.1 Å². The van der Waals surface area contributed by atoms with Gasteiger partial charge in [-0.05, 0) is 33.7 Å². The molecule has 1 heterocycles. The molecule has 0 unspecified atom stereocenters. The first-order valence-electron chi connectivity index (χ1n) is 8.47. The molecule has 0 fully saturated rings. The summed E-state index contributed by atoms with van der Waals surface area (Å²) in [6.07, 6.45) is 0. The molecule has 23 heavy (non-hydrogen) atoms. The van der Waals surface area contributed by atoms with Crippen LogP contribution in [-0.4, -0.2) is 22.9 Å². The lowest BCUT2D eigenvalue weighted by atomic mass is 9.96. The lowest BCUT2D eigenvalue weighted by Gasteiger charge is -2.29. The molecule has 0 atom stereocenters. The molecular formula is C20H28N2Si. The zero-order chi connectivity index (χ0) is 16.8. The summed E-state index contributed by atoms with van der Waals surface area (Å²) in [5.74, 6) is 0. The van der Waals surface area contributed by atoms with Crippen LogP contribution in [0.2, 0.25) is 0 Å². The Bertz CT molecular complexity index is 649. The number of benzene rings is 2. The molecule has 0 N–H and O–H groups in total. The lowest BCUT2D eigenvalue weighted by Crippen LogP contribution is -2.42. The molecular weight excluding hydrogens is 296 g/mol. The fourth-order valence-electron chi connectivity index (χ4n) is 3.09. The summed E-state index contributed by atoms with van der Waals surface area (Å²) in [6.45, 7) is 16.1. The highest BCUT2D eigenvalue weighted by molar-refractivity contribution is 6.51. The molecule has 2 radical (unpaired) electrons. The van der Waals surface area contributed by atoms with Crippen LogP contribution in [0.3, 0.4) is 0 Å². The van der Waals surface area contributed by atoms with E-state index < -0.39 is 0 Å². The largest absolute Gasteiger partial charge is 0.378 e. The van der Waals surface area contributed by atoms with E-state index >= 15 is 0 Å². The van der Waals surface area contributed by atoms with Crippen molar-refractivity contribution >= 4 is 32.0 Å². The average Bonchev–Trinajstić information content (AvgIpc) is 2.70. The second-order valence-electron chi connectivity index (χ2n) is 9.08. The highest BCUT2D eigenvalue weighted by Gasteiger charge is 2.32. The summed E-state index contributed by atoms with van der Waals surface area (Å²) in [6, 6.07) is 13.5. The summed E-state index contributed by atoms with van der Waals surface area (Å²) >= 11 is 0. The minimum atomic E-state index is 0.299. The number of fused-ring (bicyclic) bond motifs is 2. The second kappa shape index (κ2) is 5.55. The van der Waals surface area contributed by atoms with Gasteiger partial charge in [-0.3, -0.25) is 0 Å². The van der Waals surface area contributed by atoms with Crippen molar-refractivity contribution in [2.75, 3.05) is 22.2 Å². The molecule has 0 aliphatic carbocycles. The maximum Gasteiger partial charge on any atom is 0.332 e. The Hall–Kier alpha value is -1.48. The summed E-state index contributed by atoms with van der Waals surface area (Å²) in [4.78, 5) is 0. The molecule has 0 bridgehead atoms. The lowest BCUT2D eigenvalue weighted by molar-refractivity contribution is 0.426. The van der Waals surface area contributed by atoms with Crippen molar-refractivity contribution in [1.82, 2.24) is 0 Å². The van der Waals surface area contributed by atoms with E-state index in [2.05, 4.69) is 87.1 Å². The average molecular weight is 325 g/mol. The van der Waals surface area contributed by atoms with Gasteiger partial charge in [0.2, 0.25) is 0 Å².